The molecule has 138 valence electrons. The molecule has 6 nitrogen and oxygen atoms in total. The molecular weight excluding hydrogens is 348 g/mol. The Morgan fingerprint density at radius 1 is 1.27 bits per heavy atom. The Kier molecular flexibility index (Phi) is 5.56. The van der Waals surface area contributed by atoms with Crippen molar-refractivity contribution in [2.45, 2.75) is 47.1 Å². The molecule has 0 saturated heterocycles. The molecule has 0 unspecified atom stereocenters. The van der Waals surface area contributed by atoms with E-state index in [0.29, 0.717) is 25.9 Å². The van der Waals surface area contributed by atoms with Crippen LogP contribution in [0.1, 0.15) is 34.8 Å². The average molecular weight is 372 g/mol. The summed E-state index contributed by atoms with van der Waals surface area (Å²) in [6.45, 7) is 9.10. The van der Waals surface area contributed by atoms with Crippen LogP contribution in [0, 0.1) is 27.7 Å². The highest BCUT2D eigenvalue weighted by Gasteiger charge is 2.14. The van der Waals surface area contributed by atoms with Crippen LogP contribution in [0.15, 0.2) is 21.3 Å². The molecule has 0 atom stereocenters. The van der Waals surface area contributed by atoms with Gasteiger partial charge in [0.2, 0.25) is 5.91 Å². The summed E-state index contributed by atoms with van der Waals surface area (Å²) < 4.78 is 7.10. The number of aromatic nitrogens is 3. The molecule has 7 heteroatoms. The molecule has 3 aromatic rings. The zero-order valence-corrected chi connectivity index (χ0v) is 16.4. The van der Waals surface area contributed by atoms with Gasteiger partial charge in [0.25, 0.3) is 0 Å². The van der Waals surface area contributed by atoms with E-state index in [9.17, 15) is 4.79 Å². The zero-order chi connectivity index (χ0) is 18.7. The summed E-state index contributed by atoms with van der Waals surface area (Å²) in [7, 11) is 0. The van der Waals surface area contributed by atoms with Gasteiger partial charge >= 0.3 is 0 Å². The lowest BCUT2D eigenvalue weighted by molar-refractivity contribution is -0.121. The van der Waals surface area contributed by atoms with Crippen molar-refractivity contribution in [2.24, 2.45) is 0 Å². The molecule has 0 spiro atoms. The van der Waals surface area contributed by atoms with Gasteiger partial charge < -0.3 is 9.84 Å². The van der Waals surface area contributed by atoms with Crippen molar-refractivity contribution in [3.8, 4) is 11.1 Å². The van der Waals surface area contributed by atoms with Crippen molar-refractivity contribution in [2.75, 3.05) is 6.54 Å². The van der Waals surface area contributed by atoms with Crippen LogP contribution in [0.25, 0.3) is 11.1 Å². The van der Waals surface area contributed by atoms with Crippen molar-refractivity contribution < 1.29 is 9.32 Å². The van der Waals surface area contributed by atoms with Crippen LogP contribution in [0.4, 0.5) is 0 Å². The second kappa shape index (κ2) is 7.86. The van der Waals surface area contributed by atoms with Gasteiger partial charge in [-0.25, -0.2) is 0 Å². The number of carbonyl (C=O) groups excluding carboxylic acids is 1. The largest absolute Gasteiger partial charge is 0.361 e. The number of carbonyl (C=O) groups is 1. The monoisotopic (exact) mass is 372 g/mol. The van der Waals surface area contributed by atoms with Crippen LogP contribution < -0.4 is 5.32 Å². The van der Waals surface area contributed by atoms with Gasteiger partial charge in [-0.2, -0.15) is 16.4 Å². The lowest BCUT2D eigenvalue weighted by Gasteiger charge is -2.07. The summed E-state index contributed by atoms with van der Waals surface area (Å²) in [5, 5.41) is 15.7. The van der Waals surface area contributed by atoms with Crippen molar-refractivity contribution in [1.82, 2.24) is 20.3 Å². The molecule has 0 bridgehead atoms. The summed E-state index contributed by atoms with van der Waals surface area (Å²) >= 11 is 1.68. The quantitative estimate of drug-likeness (QED) is 0.688. The van der Waals surface area contributed by atoms with Crippen molar-refractivity contribution in [1.29, 1.82) is 0 Å². The first-order valence-corrected chi connectivity index (χ1v) is 9.66. The van der Waals surface area contributed by atoms with Crippen LogP contribution in [-0.4, -0.2) is 27.4 Å². The summed E-state index contributed by atoms with van der Waals surface area (Å²) in [5.74, 6) is 0.823. The molecular formula is C19H24N4O2S. The average Bonchev–Trinajstić information content (AvgIpc) is 3.29. The third-order valence-corrected chi connectivity index (χ3v) is 5.30. The first-order chi connectivity index (χ1) is 12.5. The summed E-state index contributed by atoms with van der Waals surface area (Å²) in [6.07, 6.45) is 1.08. The Morgan fingerprint density at radius 2 is 2.08 bits per heavy atom. The lowest BCUT2D eigenvalue weighted by atomic mass is 10.1. The Labute approximate surface area is 157 Å². The molecule has 26 heavy (non-hydrogen) atoms. The van der Waals surface area contributed by atoms with Gasteiger partial charge in [0, 0.05) is 29.8 Å². The third-order valence-electron chi connectivity index (χ3n) is 4.62. The number of nitrogens with one attached hydrogen (secondary N) is 1. The normalized spacial score (nSPS) is 11.1. The van der Waals surface area contributed by atoms with E-state index >= 15 is 0 Å². The van der Waals surface area contributed by atoms with E-state index in [1.807, 2.05) is 25.5 Å². The fraction of sp³-hybridized carbons (Fsp3) is 0.421. The van der Waals surface area contributed by atoms with E-state index in [4.69, 9.17) is 4.52 Å². The number of aryl methyl sites for hydroxylation is 3. The maximum absolute atomic E-state index is 12.1. The molecule has 3 aromatic heterocycles. The maximum atomic E-state index is 12.1. The van der Waals surface area contributed by atoms with Gasteiger partial charge in [-0.3, -0.25) is 9.48 Å². The van der Waals surface area contributed by atoms with E-state index in [0.717, 1.165) is 28.4 Å². The summed E-state index contributed by atoms with van der Waals surface area (Å²) in [4.78, 5) is 12.1. The predicted molar refractivity (Wildman–Crippen MR) is 102 cm³/mol. The third kappa shape index (κ3) is 3.88. The lowest BCUT2D eigenvalue weighted by Crippen LogP contribution is -2.28. The Balaban J connectivity index is 1.52. The minimum Gasteiger partial charge on any atom is -0.361 e. The molecule has 0 fully saturated rings. The predicted octanol–water partition coefficient (Wildman–Crippen LogP) is 3.58. The van der Waals surface area contributed by atoms with Crippen molar-refractivity contribution >= 4 is 17.2 Å². The number of hydrogen-bond donors (Lipinski definition) is 1. The van der Waals surface area contributed by atoms with Crippen LogP contribution >= 0.6 is 11.3 Å². The van der Waals surface area contributed by atoms with E-state index in [1.54, 1.807) is 11.3 Å². The summed E-state index contributed by atoms with van der Waals surface area (Å²) in [6, 6.07) is 2.11. The van der Waals surface area contributed by atoms with Gasteiger partial charge in [-0.05, 0) is 56.5 Å². The van der Waals surface area contributed by atoms with E-state index in [2.05, 4.69) is 39.3 Å². The van der Waals surface area contributed by atoms with Gasteiger partial charge in [0.05, 0.1) is 17.9 Å². The smallest absolute Gasteiger partial charge is 0.220 e. The highest BCUT2D eigenvalue weighted by atomic mass is 32.1. The Morgan fingerprint density at radius 3 is 2.73 bits per heavy atom. The molecule has 0 aliphatic rings. The highest BCUT2D eigenvalue weighted by Crippen LogP contribution is 2.28. The van der Waals surface area contributed by atoms with Crippen LogP contribution in [0.5, 0.6) is 0 Å². The molecule has 1 N–H and O–H groups in total. The van der Waals surface area contributed by atoms with Gasteiger partial charge in [0.15, 0.2) is 0 Å². The fourth-order valence-corrected chi connectivity index (χ4v) is 3.87. The molecule has 0 aliphatic carbocycles. The molecule has 0 aromatic carbocycles. The van der Waals surface area contributed by atoms with Crippen LogP contribution in [0.3, 0.4) is 0 Å². The van der Waals surface area contributed by atoms with Gasteiger partial charge in [-0.1, -0.05) is 5.16 Å². The van der Waals surface area contributed by atoms with Crippen molar-refractivity contribution in [3.05, 3.63) is 45.2 Å². The van der Waals surface area contributed by atoms with E-state index in [-0.39, 0.29) is 5.91 Å². The summed E-state index contributed by atoms with van der Waals surface area (Å²) in [5.41, 5.74) is 6.44. The first-order valence-electron chi connectivity index (χ1n) is 8.72. The minimum absolute atomic E-state index is 0.0320. The van der Waals surface area contributed by atoms with E-state index < -0.39 is 0 Å². The molecule has 1 amide bonds. The van der Waals surface area contributed by atoms with Gasteiger partial charge in [0.1, 0.15) is 5.76 Å². The molecule has 0 radical (unpaired) electrons. The van der Waals surface area contributed by atoms with Crippen molar-refractivity contribution in [3.63, 3.8) is 0 Å². The molecule has 0 aliphatic heterocycles. The number of amides is 1. The molecule has 0 saturated carbocycles. The SMILES string of the molecule is Cc1noc(C)c1CCC(=O)NCCn1nc(C)c(-c2ccsc2)c1C. The second-order valence-corrected chi connectivity index (χ2v) is 7.21. The van der Waals surface area contributed by atoms with Crippen LogP contribution in [0.2, 0.25) is 0 Å². The maximum Gasteiger partial charge on any atom is 0.220 e. The number of hydrogen-bond acceptors (Lipinski definition) is 5. The first kappa shape index (κ1) is 18.4. The number of rotatable bonds is 7. The molecule has 3 rings (SSSR count). The van der Waals surface area contributed by atoms with Crippen LogP contribution in [-0.2, 0) is 17.8 Å². The zero-order valence-electron chi connectivity index (χ0n) is 15.6. The Bertz CT molecular complexity index is 874. The molecule has 3 heterocycles. The minimum atomic E-state index is 0.0320. The standard InChI is InChI=1S/C19H24N4O2S/c1-12-17(15(4)25-22-12)5-6-18(24)20-8-9-23-14(3)19(13(2)21-23)16-7-10-26-11-16/h7,10-11H,5-6,8-9H2,1-4H3,(H,20,24). The fourth-order valence-electron chi connectivity index (χ4n) is 3.23. The number of thiophene rings is 1. The Hall–Kier alpha value is -2.41. The second-order valence-electron chi connectivity index (χ2n) is 6.43. The van der Waals surface area contributed by atoms with Gasteiger partial charge in [-0.15, -0.1) is 0 Å². The number of nitrogens with zero attached hydrogens (tertiary/aromatic N) is 3. The topological polar surface area (TPSA) is 73.0 Å². The van der Waals surface area contributed by atoms with E-state index in [1.165, 1.54) is 11.1 Å². The highest BCUT2D eigenvalue weighted by molar-refractivity contribution is 7.08.